The third kappa shape index (κ3) is 6.69. The molecular formula is C20H24F3N5O3. The third-order valence-electron chi connectivity index (χ3n) is 5.29. The lowest BCUT2D eigenvalue weighted by molar-refractivity contribution is -0.384. The molecule has 0 saturated heterocycles. The van der Waals surface area contributed by atoms with Crippen molar-refractivity contribution in [1.29, 1.82) is 0 Å². The number of alkyl halides is 3. The van der Waals surface area contributed by atoms with Crippen LogP contribution in [0.4, 0.5) is 30.6 Å². The monoisotopic (exact) mass is 439 g/mol. The minimum absolute atomic E-state index is 0.0516. The number of aromatic nitrogens is 2. The number of para-hydroxylation sites is 1. The Morgan fingerprint density at radius 3 is 2.58 bits per heavy atom. The first-order valence-electron chi connectivity index (χ1n) is 10.0. The maximum Gasteiger partial charge on any atom is 0.573 e. The Bertz CT molecular complexity index is 902. The van der Waals surface area contributed by atoms with Crippen molar-refractivity contribution in [2.45, 2.75) is 45.5 Å². The third-order valence-corrected chi connectivity index (χ3v) is 5.29. The predicted molar refractivity (Wildman–Crippen MR) is 109 cm³/mol. The molecule has 1 saturated carbocycles. The lowest BCUT2D eigenvalue weighted by Crippen LogP contribution is -2.21. The number of nitrogens with zero attached hydrogens (tertiary/aromatic N) is 3. The van der Waals surface area contributed by atoms with Gasteiger partial charge in [-0.15, -0.1) is 13.2 Å². The average Bonchev–Trinajstić information content (AvgIpc) is 2.71. The molecule has 1 fully saturated rings. The summed E-state index contributed by atoms with van der Waals surface area (Å²) in [5.74, 6) is 0.917. The second kappa shape index (κ2) is 9.80. The van der Waals surface area contributed by atoms with Gasteiger partial charge in [0.05, 0.1) is 4.92 Å². The molecule has 31 heavy (non-hydrogen) atoms. The zero-order valence-electron chi connectivity index (χ0n) is 17.0. The Morgan fingerprint density at radius 1 is 1.19 bits per heavy atom. The van der Waals surface area contributed by atoms with Crippen molar-refractivity contribution in [2.75, 3.05) is 17.2 Å². The molecule has 0 aliphatic heterocycles. The summed E-state index contributed by atoms with van der Waals surface area (Å²) in [6.45, 7) is 2.73. The Balaban J connectivity index is 1.68. The second-order valence-corrected chi connectivity index (χ2v) is 7.70. The van der Waals surface area contributed by atoms with E-state index in [1.807, 2.05) is 0 Å². The molecule has 2 N–H and O–H groups in total. The SMILES string of the molecule is CC1CCC(CNc2nc(NCc3ccccc3OC(F)(F)F)ncc2[N+](=O)[O-])CC1. The Morgan fingerprint density at radius 2 is 1.90 bits per heavy atom. The maximum absolute atomic E-state index is 12.6. The first-order chi connectivity index (χ1) is 14.7. The van der Waals surface area contributed by atoms with E-state index in [-0.39, 0.29) is 35.3 Å². The molecule has 3 rings (SSSR count). The molecule has 1 aromatic carbocycles. The highest BCUT2D eigenvalue weighted by Crippen LogP contribution is 2.30. The van der Waals surface area contributed by atoms with Gasteiger partial charge in [-0.1, -0.05) is 38.0 Å². The fourth-order valence-corrected chi connectivity index (χ4v) is 3.55. The highest BCUT2D eigenvalue weighted by atomic mass is 19.4. The van der Waals surface area contributed by atoms with Gasteiger partial charge in [-0.25, -0.2) is 4.98 Å². The quantitative estimate of drug-likeness (QED) is 0.434. The minimum Gasteiger partial charge on any atom is -0.405 e. The average molecular weight is 439 g/mol. The van der Waals surface area contributed by atoms with E-state index in [1.165, 1.54) is 18.2 Å². The van der Waals surface area contributed by atoms with Crippen LogP contribution in [0.3, 0.4) is 0 Å². The molecule has 0 radical (unpaired) electrons. The topological polar surface area (TPSA) is 102 Å². The summed E-state index contributed by atoms with van der Waals surface area (Å²) in [6.07, 6.45) is 0.629. The van der Waals surface area contributed by atoms with Crippen LogP contribution in [0.15, 0.2) is 30.5 Å². The molecule has 1 heterocycles. The number of nitro groups is 1. The lowest BCUT2D eigenvalue weighted by atomic mass is 9.83. The largest absolute Gasteiger partial charge is 0.573 e. The zero-order chi connectivity index (χ0) is 22.4. The van der Waals surface area contributed by atoms with Crippen molar-refractivity contribution in [1.82, 2.24) is 9.97 Å². The molecule has 0 unspecified atom stereocenters. The fourth-order valence-electron chi connectivity index (χ4n) is 3.55. The second-order valence-electron chi connectivity index (χ2n) is 7.70. The van der Waals surface area contributed by atoms with Crippen LogP contribution < -0.4 is 15.4 Å². The van der Waals surface area contributed by atoms with E-state index in [0.717, 1.165) is 31.9 Å². The van der Waals surface area contributed by atoms with Crippen LogP contribution >= 0.6 is 0 Å². The van der Waals surface area contributed by atoms with E-state index in [4.69, 9.17) is 0 Å². The van der Waals surface area contributed by atoms with Crippen molar-refractivity contribution in [3.63, 3.8) is 0 Å². The molecule has 0 spiro atoms. The van der Waals surface area contributed by atoms with Gasteiger partial charge in [0.15, 0.2) is 0 Å². The number of nitrogens with one attached hydrogen (secondary N) is 2. The highest BCUT2D eigenvalue weighted by Gasteiger charge is 2.32. The van der Waals surface area contributed by atoms with Crippen LogP contribution in [0.25, 0.3) is 0 Å². The number of hydrogen-bond donors (Lipinski definition) is 2. The van der Waals surface area contributed by atoms with Crippen LogP contribution in [-0.2, 0) is 6.54 Å². The van der Waals surface area contributed by atoms with E-state index in [9.17, 15) is 23.3 Å². The van der Waals surface area contributed by atoms with Crippen LogP contribution in [0.2, 0.25) is 0 Å². The molecule has 1 aliphatic rings. The van der Waals surface area contributed by atoms with Crippen LogP contribution in [0.1, 0.15) is 38.2 Å². The number of hydrogen-bond acceptors (Lipinski definition) is 7. The summed E-state index contributed by atoms with van der Waals surface area (Å²) in [6, 6.07) is 5.69. The van der Waals surface area contributed by atoms with Gasteiger partial charge in [0, 0.05) is 18.7 Å². The van der Waals surface area contributed by atoms with E-state index < -0.39 is 11.3 Å². The standard InChI is InChI=1S/C20H24F3N5O3/c1-13-6-8-14(9-7-13)10-24-18-16(28(29)30)12-26-19(27-18)25-11-15-4-2-3-5-17(15)31-20(21,22)23/h2-5,12-14H,6-11H2,1H3,(H2,24,25,26,27). The Hall–Kier alpha value is -3.11. The smallest absolute Gasteiger partial charge is 0.405 e. The molecular weight excluding hydrogens is 415 g/mol. The predicted octanol–water partition coefficient (Wildman–Crippen LogP) is 5.13. The Kier molecular flexibility index (Phi) is 7.13. The molecule has 0 atom stereocenters. The number of ether oxygens (including phenoxy) is 1. The molecule has 11 heteroatoms. The summed E-state index contributed by atoms with van der Waals surface area (Å²) >= 11 is 0. The normalized spacial score (nSPS) is 19.0. The fraction of sp³-hybridized carbons (Fsp3) is 0.500. The van der Waals surface area contributed by atoms with Crippen LogP contribution in [0.5, 0.6) is 5.75 Å². The lowest BCUT2D eigenvalue weighted by Gasteiger charge is -2.26. The molecule has 168 valence electrons. The van der Waals surface area contributed by atoms with Crippen molar-refractivity contribution in [3.8, 4) is 5.75 Å². The van der Waals surface area contributed by atoms with Crippen molar-refractivity contribution in [3.05, 3.63) is 46.1 Å². The summed E-state index contributed by atoms with van der Waals surface area (Å²) in [5.41, 5.74) is -0.0110. The van der Waals surface area contributed by atoms with Gasteiger partial charge >= 0.3 is 12.0 Å². The van der Waals surface area contributed by atoms with E-state index in [1.54, 1.807) is 6.07 Å². The summed E-state index contributed by atoms with van der Waals surface area (Å²) in [4.78, 5) is 18.9. The highest BCUT2D eigenvalue weighted by molar-refractivity contribution is 5.57. The molecule has 0 amide bonds. The van der Waals surface area contributed by atoms with Gasteiger partial charge in [0.2, 0.25) is 11.8 Å². The summed E-state index contributed by atoms with van der Waals surface area (Å²) in [5, 5.41) is 17.2. The van der Waals surface area contributed by atoms with E-state index in [2.05, 4.69) is 32.3 Å². The van der Waals surface area contributed by atoms with Gasteiger partial charge in [-0.05, 0) is 30.7 Å². The van der Waals surface area contributed by atoms with Gasteiger partial charge in [0.1, 0.15) is 11.9 Å². The van der Waals surface area contributed by atoms with Crippen LogP contribution in [-0.4, -0.2) is 27.8 Å². The maximum atomic E-state index is 12.6. The van der Waals surface area contributed by atoms with Crippen molar-refractivity contribution >= 4 is 17.5 Å². The van der Waals surface area contributed by atoms with E-state index in [0.29, 0.717) is 18.4 Å². The number of halogens is 3. The summed E-state index contributed by atoms with van der Waals surface area (Å²) < 4.78 is 41.8. The molecule has 1 aliphatic carbocycles. The van der Waals surface area contributed by atoms with Crippen LogP contribution in [0, 0.1) is 22.0 Å². The molecule has 0 bridgehead atoms. The molecule has 1 aromatic heterocycles. The van der Waals surface area contributed by atoms with Gasteiger partial charge in [-0.2, -0.15) is 4.98 Å². The zero-order valence-corrected chi connectivity index (χ0v) is 17.0. The molecule has 2 aromatic rings. The number of anilines is 2. The minimum atomic E-state index is -4.81. The van der Waals surface area contributed by atoms with Crippen molar-refractivity contribution in [2.24, 2.45) is 11.8 Å². The van der Waals surface area contributed by atoms with E-state index >= 15 is 0 Å². The first-order valence-corrected chi connectivity index (χ1v) is 10.0. The molecule has 8 nitrogen and oxygen atoms in total. The summed E-state index contributed by atoms with van der Waals surface area (Å²) in [7, 11) is 0. The first kappa shape index (κ1) is 22.6. The van der Waals surface area contributed by atoms with Gasteiger partial charge < -0.3 is 15.4 Å². The van der Waals surface area contributed by atoms with Gasteiger partial charge in [0.25, 0.3) is 0 Å². The number of rotatable bonds is 8. The van der Waals surface area contributed by atoms with Gasteiger partial charge in [-0.3, -0.25) is 10.1 Å². The number of benzene rings is 1. The van der Waals surface area contributed by atoms with Crippen molar-refractivity contribution < 1.29 is 22.8 Å². The Labute approximate surface area is 177 Å².